The Kier molecular flexibility index (Phi) is 31.4. The van der Waals surface area contributed by atoms with Crippen molar-refractivity contribution in [2.75, 3.05) is 0 Å². The van der Waals surface area contributed by atoms with Crippen LogP contribution < -0.4 is 0 Å². The van der Waals surface area contributed by atoms with Crippen molar-refractivity contribution >= 4 is 0 Å². The largest absolute Gasteiger partial charge is 0.0683 e. The Morgan fingerprint density at radius 3 is 1.31 bits per heavy atom. The molecule has 0 saturated carbocycles. The van der Waals surface area contributed by atoms with Crippen LogP contribution in [0.15, 0.2) is 0 Å². The lowest BCUT2D eigenvalue weighted by Gasteiger charge is -2.42. The van der Waals surface area contributed by atoms with Crippen LogP contribution in [0.25, 0.3) is 0 Å². The maximum absolute atomic E-state index is 2.52. The van der Waals surface area contributed by atoms with E-state index in [1.165, 1.54) is 57.8 Å². The van der Waals surface area contributed by atoms with Crippen LogP contribution in [0.5, 0.6) is 0 Å². The van der Waals surface area contributed by atoms with Crippen LogP contribution in [-0.4, -0.2) is 0 Å². The van der Waals surface area contributed by atoms with Gasteiger partial charge in [-0.1, -0.05) is 162 Å². The van der Waals surface area contributed by atoms with Crippen molar-refractivity contribution in [1.29, 1.82) is 0 Å². The second-order valence-electron chi connectivity index (χ2n) is 11.2. The minimum absolute atomic E-state index is 0.509. The fourth-order valence-electron chi connectivity index (χ4n) is 4.79. The molecule has 0 heterocycles. The van der Waals surface area contributed by atoms with Gasteiger partial charge in [0, 0.05) is 0 Å². The molecule has 0 spiro atoms. The SMILES string of the molecule is CC.CCC.CCC(C)C(C)C.CCCC(C)(C)C(CC)C(CC)C(C)CCC(C)CC. The number of rotatable bonds is 13. The van der Waals surface area contributed by atoms with Gasteiger partial charge in [-0.25, -0.2) is 0 Å². The molecule has 0 aliphatic carbocycles. The van der Waals surface area contributed by atoms with Crippen molar-refractivity contribution in [1.82, 2.24) is 0 Å². The molecule has 0 rings (SSSR count). The summed E-state index contributed by atoms with van der Waals surface area (Å²) in [6.07, 6.45) is 12.1. The maximum atomic E-state index is 2.52. The summed E-state index contributed by atoms with van der Waals surface area (Å²) in [6, 6.07) is 0. The molecule has 0 aromatic heterocycles. The van der Waals surface area contributed by atoms with Crippen LogP contribution >= 0.6 is 0 Å². The van der Waals surface area contributed by atoms with Gasteiger partial charge in [-0.15, -0.1) is 0 Å². The number of hydrogen-bond donors (Lipinski definition) is 0. The summed E-state index contributed by atoms with van der Waals surface area (Å²) in [6.45, 7) is 36.8. The number of hydrogen-bond acceptors (Lipinski definition) is 0. The first-order valence-electron chi connectivity index (χ1n) is 14.9. The van der Waals surface area contributed by atoms with Crippen molar-refractivity contribution in [3.63, 3.8) is 0 Å². The van der Waals surface area contributed by atoms with Gasteiger partial charge >= 0.3 is 0 Å². The molecular weight excluding hydrogens is 384 g/mol. The third-order valence-electron chi connectivity index (χ3n) is 7.65. The maximum Gasteiger partial charge on any atom is -0.0323 e. The third-order valence-corrected chi connectivity index (χ3v) is 7.65. The second-order valence-corrected chi connectivity index (χ2v) is 11.2. The molecule has 0 aromatic carbocycles. The van der Waals surface area contributed by atoms with Gasteiger partial charge in [0.2, 0.25) is 0 Å². The zero-order chi connectivity index (χ0) is 26.3. The summed E-state index contributed by atoms with van der Waals surface area (Å²) in [5, 5.41) is 0. The van der Waals surface area contributed by atoms with Crippen molar-refractivity contribution in [3.8, 4) is 0 Å². The van der Waals surface area contributed by atoms with Crippen LogP contribution in [0.1, 0.15) is 169 Å². The lowest BCUT2D eigenvalue weighted by atomic mass is 9.63. The molecule has 0 N–H and O–H groups in total. The molecule has 5 unspecified atom stereocenters. The molecule has 0 saturated heterocycles. The molecule has 0 radical (unpaired) electrons. The van der Waals surface area contributed by atoms with E-state index in [1.807, 2.05) is 13.8 Å². The first kappa shape index (κ1) is 39.2. The van der Waals surface area contributed by atoms with E-state index in [0.717, 1.165) is 35.5 Å². The normalized spacial score (nSPS) is 15.7. The summed E-state index contributed by atoms with van der Waals surface area (Å²) in [5.41, 5.74) is 0.509. The summed E-state index contributed by atoms with van der Waals surface area (Å²) in [4.78, 5) is 0. The van der Waals surface area contributed by atoms with Gasteiger partial charge in [0.25, 0.3) is 0 Å². The highest BCUT2D eigenvalue weighted by atomic mass is 14.4. The van der Waals surface area contributed by atoms with Crippen molar-refractivity contribution in [3.05, 3.63) is 0 Å². The monoisotopic (exact) mass is 457 g/mol. The standard InChI is InChI=1S/C20H42.C7H16.C3H8.C2H6/c1-9-15-20(7,8)19(12-4)18(11-3)17(6)14-13-16(5)10-2;1-5-7(4)6(2)3;1-3-2;1-2/h16-19H,9-15H2,1-8H3;6-7H,5H2,1-4H3;3H2,1-2H3;1-2H3. The molecule has 32 heavy (non-hydrogen) atoms. The highest BCUT2D eigenvalue weighted by Crippen LogP contribution is 2.44. The Bertz CT molecular complexity index is 327. The molecular formula is C32H72. The molecule has 0 heteroatoms. The molecule has 0 aromatic rings. The fraction of sp³-hybridized carbons (Fsp3) is 1.00. The van der Waals surface area contributed by atoms with Gasteiger partial charge in [-0.2, -0.15) is 0 Å². The summed E-state index contributed by atoms with van der Waals surface area (Å²) >= 11 is 0. The van der Waals surface area contributed by atoms with E-state index in [2.05, 4.69) is 96.9 Å². The van der Waals surface area contributed by atoms with Crippen molar-refractivity contribution in [2.45, 2.75) is 169 Å². The van der Waals surface area contributed by atoms with E-state index in [4.69, 9.17) is 0 Å². The van der Waals surface area contributed by atoms with Gasteiger partial charge in [0.15, 0.2) is 0 Å². The van der Waals surface area contributed by atoms with Gasteiger partial charge in [-0.05, 0) is 47.3 Å². The van der Waals surface area contributed by atoms with E-state index in [9.17, 15) is 0 Å². The molecule has 5 atom stereocenters. The van der Waals surface area contributed by atoms with Crippen molar-refractivity contribution < 1.29 is 0 Å². The summed E-state index contributed by atoms with van der Waals surface area (Å²) in [7, 11) is 0. The predicted molar refractivity (Wildman–Crippen MR) is 156 cm³/mol. The zero-order valence-electron chi connectivity index (χ0n) is 26.3. The van der Waals surface area contributed by atoms with E-state index in [0.29, 0.717) is 5.41 Å². The van der Waals surface area contributed by atoms with E-state index < -0.39 is 0 Å². The van der Waals surface area contributed by atoms with Crippen molar-refractivity contribution in [2.24, 2.45) is 40.9 Å². The Morgan fingerprint density at radius 2 is 1.06 bits per heavy atom. The first-order valence-corrected chi connectivity index (χ1v) is 14.9. The predicted octanol–water partition coefficient (Wildman–Crippen LogP) is 12.5. The van der Waals surface area contributed by atoms with Gasteiger partial charge < -0.3 is 0 Å². The second kappa shape index (κ2) is 25.6. The van der Waals surface area contributed by atoms with Crippen LogP contribution in [0.4, 0.5) is 0 Å². The van der Waals surface area contributed by atoms with Gasteiger partial charge in [0.05, 0.1) is 0 Å². The molecule has 0 bridgehead atoms. The topological polar surface area (TPSA) is 0 Å². The van der Waals surface area contributed by atoms with E-state index in [-0.39, 0.29) is 0 Å². The van der Waals surface area contributed by atoms with E-state index >= 15 is 0 Å². The molecule has 200 valence electrons. The Balaban J connectivity index is -0.000000270. The highest BCUT2D eigenvalue weighted by molar-refractivity contribution is 4.84. The molecule has 0 aliphatic rings. The first-order chi connectivity index (χ1) is 14.9. The minimum Gasteiger partial charge on any atom is -0.0683 e. The molecule has 0 amide bonds. The van der Waals surface area contributed by atoms with Crippen LogP contribution in [0.3, 0.4) is 0 Å². The lowest BCUT2D eigenvalue weighted by molar-refractivity contribution is 0.0785. The fourth-order valence-corrected chi connectivity index (χ4v) is 4.79. The lowest BCUT2D eigenvalue weighted by Crippen LogP contribution is -2.33. The molecule has 0 aliphatic heterocycles. The quantitative estimate of drug-likeness (QED) is 0.258. The average Bonchev–Trinajstić information content (AvgIpc) is 2.76. The van der Waals surface area contributed by atoms with Crippen LogP contribution in [0.2, 0.25) is 0 Å². The smallest absolute Gasteiger partial charge is 0.0323 e. The Hall–Kier alpha value is 0. The van der Waals surface area contributed by atoms with Crippen LogP contribution in [-0.2, 0) is 0 Å². The summed E-state index contributed by atoms with van der Waals surface area (Å²) in [5.74, 6) is 5.35. The average molecular weight is 457 g/mol. The molecule has 0 fully saturated rings. The highest BCUT2D eigenvalue weighted by Gasteiger charge is 2.35. The van der Waals surface area contributed by atoms with Crippen LogP contribution in [0, 0.1) is 40.9 Å². The zero-order valence-corrected chi connectivity index (χ0v) is 26.3. The van der Waals surface area contributed by atoms with E-state index in [1.54, 1.807) is 0 Å². The summed E-state index contributed by atoms with van der Waals surface area (Å²) < 4.78 is 0. The van der Waals surface area contributed by atoms with Gasteiger partial charge in [0.1, 0.15) is 0 Å². The Morgan fingerprint density at radius 1 is 0.594 bits per heavy atom. The molecule has 0 nitrogen and oxygen atoms in total. The third kappa shape index (κ3) is 20.6. The minimum atomic E-state index is 0.509. The Labute approximate surface area is 209 Å². The van der Waals surface area contributed by atoms with Gasteiger partial charge in [-0.3, -0.25) is 0 Å².